The molecule has 86 valence electrons. The summed E-state index contributed by atoms with van der Waals surface area (Å²) < 4.78 is 4.72. The topological polar surface area (TPSA) is 66.4 Å². The fourth-order valence-electron chi connectivity index (χ4n) is 2.82. The number of rotatable bonds is 2. The van der Waals surface area contributed by atoms with E-state index in [1.54, 1.807) is 13.8 Å². The highest BCUT2D eigenvalue weighted by atomic mass is 16.5. The van der Waals surface area contributed by atoms with Gasteiger partial charge in [0.15, 0.2) is 0 Å². The van der Waals surface area contributed by atoms with Crippen LogP contribution in [0.2, 0.25) is 0 Å². The Kier molecular flexibility index (Phi) is 3.07. The Morgan fingerprint density at radius 3 is 2.27 bits per heavy atom. The van der Waals surface area contributed by atoms with Gasteiger partial charge in [-0.25, -0.2) is 0 Å². The van der Waals surface area contributed by atoms with Crippen LogP contribution in [-0.4, -0.2) is 19.0 Å². The molecule has 3 atom stereocenters. The van der Waals surface area contributed by atoms with Crippen LogP contribution in [0.4, 0.5) is 0 Å². The minimum atomic E-state index is -1.07. The van der Waals surface area contributed by atoms with E-state index in [-0.39, 0.29) is 17.8 Å². The summed E-state index contributed by atoms with van der Waals surface area (Å²) in [7, 11) is 1.33. The maximum atomic E-state index is 11.6. The first-order chi connectivity index (χ1) is 6.82. The standard InChI is InChI=1S/C11H18O4/c1-6-5-7(9(12)13)11(2,3)8(6)10(14)15-4/h6-8H,5H2,1-4H3,(H,12,13)/p-1/t6-,7-,8+/m0/s1. The van der Waals surface area contributed by atoms with Gasteiger partial charge >= 0.3 is 5.97 Å². The van der Waals surface area contributed by atoms with Crippen molar-refractivity contribution in [2.45, 2.75) is 27.2 Å². The molecule has 0 spiro atoms. The van der Waals surface area contributed by atoms with Gasteiger partial charge in [-0.1, -0.05) is 20.8 Å². The molecular weight excluding hydrogens is 196 g/mol. The molecule has 0 bridgehead atoms. The number of hydrogen-bond acceptors (Lipinski definition) is 4. The van der Waals surface area contributed by atoms with Crippen LogP contribution < -0.4 is 5.11 Å². The van der Waals surface area contributed by atoms with Crippen LogP contribution in [0.15, 0.2) is 0 Å². The summed E-state index contributed by atoms with van der Waals surface area (Å²) in [4.78, 5) is 22.5. The highest BCUT2D eigenvalue weighted by molar-refractivity contribution is 5.77. The van der Waals surface area contributed by atoms with Gasteiger partial charge in [0, 0.05) is 11.9 Å². The summed E-state index contributed by atoms with van der Waals surface area (Å²) in [6, 6.07) is 0. The Bertz CT molecular complexity index is 282. The Balaban J connectivity index is 3.00. The van der Waals surface area contributed by atoms with Gasteiger partial charge in [0.1, 0.15) is 0 Å². The summed E-state index contributed by atoms with van der Waals surface area (Å²) in [5.41, 5.74) is -0.592. The fraction of sp³-hybridized carbons (Fsp3) is 0.818. The summed E-state index contributed by atoms with van der Waals surface area (Å²) in [6.07, 6.45) is 0.481. The van der Waals surface area contributed by atoms with Crippen molar-refractivity contribution >= 4 is 11.9 Å². The number of hydrogen-bond donors (Lipinski definition) is 0. The molecule has 1 fully saturated rings. The predicted molar refractivity (Wildman–Crippen MR) is 51.6 cm³/mol. The zero-order chi connectivity index (χ0) is 11.8. The highest BCUT2D eigenvalue weighted by Crippen LogP contribution is 2.50. The molecule has 0 aromatic rings. The Labute approximate surface area is 89.6 Å². The maximum Gasteiger partial charge on any atom is 0.309 e. The second kappa shape index (κ2) is 3.83. The van der Waals surface area contributed by atoms with Gasteiger partial charge in [0.2, 0.25) is 0 Å². The van der Waals surface area contributed by atoms with Crippen molar-refractivity contribution in [1.82, 2.24) is 0 Å². The van der Waals surface area contributed by atoms with E-state index in [2.05, 4.69) is 0 Å². The lowest BCUT2D eigenvalue weighted by Crippen LogP contribution is -2.41. The summed E-state index contributed by atoms with van der Waals surface area (Å²) in [5.74, 6) is -2.30. The number of methoxy groups -OCH3 is 1. The molecule has 1 aliphatic rings. The van der Waals surface area contributed by atoms with Crippen LogP contribution in [-0.2, 0) is 14.3 Å². The molecule has 1 aliphatic carbocycles. The quantitative estimate of drug-likeness (QED) is 0.615. The van der Waals surface area contributed by atoms with E-state index < -0.39 is 17.3 Å². The second-order valence-electron chi connectivity index (χ2n) is 4.91. The van der Waals surface area contributed by atoms with E-state index in [4.69, 9.17) is 4.74 Å². The monoisotopic (exact) mass is 213 g/mol. The highest BCUT2D eigenvalue weighted by Gasteiger charge is 2.51. The number of carboxylic acids is 1. The van der Waals surface area contributed by atoms with Crippen molar-refractivity contribution < 1.29 is 19.4 Å². The summed E-state index contributed by atoms with van der Waals surface area (Å²) in [5, 5.41) is 11.0. The lowest BCUT2D eigenvalue weighted by molar-refractivity contribution is -0.314. The van der Waals surface area contributed by atoms with E-state index in [1.807, 2.05) is 6.92 Å². The van der Waals surface area contributed by atoms with Crippen LogP contribution in [0.25, 0.3) is 0 Å². The van der Waals surface area contributed by atoms with Gasteiger partial charge < -0.3 is 14.6 Å². The second-order valence-corrected chi connectivity index (χ2v) is 4.91. The number of carbonyl (C=O) groups is 2. The van der Waals surface area contributed by atoms with E-state index >= 15 is 0 Å². The number of carboxylic acid groups (broad SMARTS) is 1. The minimum Gasteiger partial charge on any atom is -0.550 e. The third-order valence-corrected chi connectivity index (χ3v) is 3.62. The Morgan fingerprint density at radius 2 is 1.93 bits per heavy atom. The van der Waals surface area contributed by atoms with Crippen molar-refractivity contribution in [1.29, 1.82) is 0 Å². The maximum absolute atomic E-state index is 11.6. The van der Waals surface area contributed by atoms with Crippen LogP contribution in [0.3, 0.4) is 0 Å². The van der Waals surface area contributed by atoms with Gasteiger partial charge in [-0.15, -0.1) is 0 Å². The van der Waals surface area contributed by atoms with Crippen LogP contribution in [0.1, 0.15) is 27.2 Å². The van der Waals surface area contributed by atoms with Crippen molar-refractivity contribution in [2.24, 2.45) is 23.2 Å². The molecule has 1 saturated carbocycles. The fourth-order valence-corrected chi connectivity index (χ4v) is 2.82. The molecule has 0 unspecified atom stereocenters. The van der Waals surface area contributed by atoms with Gasteiger partial charge in [-0.05, 0) is 17.8 Å². The van der Waals surface area contributed by atoms with Crippen molar-refractivity contribution in [3.63, 3.8) is 0 Å². The SMILES string of the molecule is COC(=O)[C@H]1[C@@H](C)C[C@@H](C(=O)[O-])C1(C)C. The smallest absolute Gasteiger partial charge is 0.309 e. The first-order valence-electron chi connectivity index (χ1n) is 5.11. The predicted octanol–water partition coefficient (Wildman–Crippen LogP) is 0.208. The number of aliphatic carboxylic acids is 1. The molecule has 0 N–H and O–H groups in total. The zero-order valence-electron chi connectivity index (χ0n) is 9.57. The zero-order valence-corrected chi connectivity index (χ0v) is 9.57. The Hall–Kier alpha value is -1.06. The first kappa shape index (κ1) is 12.0. The molecule has 0 saturated heterocycles. The molecule has 0 radical (unpaired) electrons. The molecule has 4 heteroatoms. The normalized spacial score (nSPS) is 33.7. The average molecular weight is 213 g/mol. The summed E-state index contributed by atoms with van der Waals surface area (Å²) >= 11 is 0. The van der Waals surface area contributed by atoms with E-state index in [1.165, 1.54) is 7.11 Å². The van der Waals surface area contributed by atoms with Crippen LogP contribution >= 0.6 is 0 Å². The average Bonchev–Trinajstić information content (AvgIpc) is 2.35. The summed E-state index contributed by atoms with van der Waals surface area (Å²) in [6.45, 7) is 5.46. The van der Waals surface area contributed by atoms with E-state index in [9.17, 15) is 14.7 Å². The molecule has 1 rings (SSSR count). The van der Waals surface area contributed by atoms with Crippen molar-refractivity contribution in [2.75, 3.05) is 7.11 Å². The number of esters is 1. The van der Waals surface area contributed by atoms with Gasteiger partial charge in [-0.3, -0.25) is 4.79 Å². The molecule has 0 aromatic heterocycles. The molecule has 0 aromatic carbocycles. The lowest BCUT2D eigenvalue weighted by Gasteiger charge is -2.32. The molecule has 0 heterocycles. The van der Waals surface area contributed by atoms with Gasteiger partial charge in [0.05, 0.1) is 13.0 Å². The van der Waals surface area contributed by atoms with Gasteiger partial charge in [-0.2, -0.15) is 0 Å². The number of ether oxygens (including phenoxy) is 1. The largest absolute Gasteiger partial charge is 0.550 e. The third kappa shape index (κ3) is 1.85. The number of carbonyl (C=O) groups excluding carboxylic acids is 2. The van der Waals surface area contributed by atoms with Crippen molar-refractivity contribution in [3.05, 3.63) is 0 Å². The first-order valence-corrected chi connectivity index (χ1v) is 5.11. The van der Waals surface area contributed by atoms with Crippen LogP contribution in [0, 0.1) is 23.2 Å². The lowest BCUT2D eigenvalue weighted by atomic mass is 9.74. The Morgan fingerprint density at radius 1 is 1.40 bits per heavy atom. The molecule has 4 nitrogen and oxygen atoms in total. The molecule has 0 aliphatic heterocycles. The minimum absolute atomic E-state index is 0.0235. The molecule has 15 heavy (non-hydrogen) atoms. The van der Waals surface area contributed by atoms with E-state index in [0.29, 0.717) is 6.42 Å². The molecular formula is C11H17O4-. The third-order valence-electron chi connectivity index (χ3n) is 3.62. The van der Waals surface area contributed by atoms with E-state index in [0.717, 1.165) is 0 Å². The van der Waals surface area contributed by atoms with Gasteiger partial charge in [0.25, 0.3) is 0 Å². The van der Waals surface area contributed by atoms with Crippen LogP contribution in [0.5, 0.6) is 0 Å². The molecule has 0 amide bonds. The van der Waals surface area contributed by atoms with Crippen molar-refractivity contribution in [3.8, 4) is 0 Å².